The van der Waals surface area contributed by atoms with Crippen molar-refractivity contribution >= 4 is 17.4 Å². The minimum atomic E-state index is -0.245. The van der Waals surface area contributed by atoms with Gasteiger partial charge in [0.05, 0.1) is 5.56 Å². The van der Waals surface area contributed by atoms with Crippen molar-refractivity contribution in [1.82, 2.24) is 4.98 Å². The van der Waals surface area contributed by atoms with Gasteiger partial charge in [0.1, 0.15) is 0 Å². The first kappa shape index (κ1) is 12.1. The minimum Gasteiger partial charge on any atom is -0.322 e. The van der Waals surface area contributed by atoms with E-state index in [9.17, 15) is 4.79 Å². The van der Waals surface area contributed by atoms with Gasteiger partial charge in [-0.25, -0.2) is 10.8 Å². The number of rotatable bonds is 3. The molecule has 0 unspecified atom stereocenters. The summed E-state index contributed by atoms with van der Waals surface area (Å²) in [5, 5.41) is 2.83. The first-order valence-electron chi connectivity index (χ1n) is 5.51. The first-order valence-corrected chi connectivity index (χ1v) is 5.51. The molecule has 0 fully saturated rings. The molecule has 18 heavy (non-hydrogen) atoms. The number of benzene rings is 1. The summed E-state index contributed by atoms with van der Waals surface area (Å²) in [5.74, 6) is 5.42. The topological polar surface area (TPSA) is 80.0 Å². The Balaban J connectivity index is 2.25. The second-order valence-corrected chi connectivity index (χ2v) is 3.81. The summed E-state index contributed by atoms with van der Waals surface area (Å²) in [7, 11) is 0. The van der Waals surface area contributed by atoms with Crippen molar-refractivity contribution in [2.45, 2.75) is 6.92 Å². The Morgan fingerprint density at radius 3 is 2.72 bits per heavy atom. The maximum Gasteiger partial charge on any atom is 0.259 e. The zero-order valence-electron chi connectivity index (χ0n) is 9.97. The number of anilines is 2. The van der Waals surface area contributed by atoms with Crippen LogP contribution in [-0.2, 0) is 0 Å². The summed E-state index contributed by atoms with van der Waals surface area (Å²) in [6.45, 7) is 1.93. The van der Waals surface area contributed by atoms with Crippen LogP contribution in [0.3, 0.4) is 0 Å². The van der Waals surface area contributed by atoms with E-state index in [1.165, 1.54) is 0 Å². The molecule has 1 aromatic heterocycles. The molecule has 5 nitrogen and oxygen atoms in total. The van der Waals surface area contributed by atoms with Gasteiger partial charge >= 0.3 is 0 Å². The predicted octanol–water partition coefficient (Wildman–Crippen LogP) is 1.93. The number of hydrogen-bond acceptors (Lipinski definition) is 4. The van der Waals surface area contributed by atoms with Crippen molar-refractivity contribution in [3.8, 4) is 0 Å². The largest absolute Gasteiger partial charge is 0.322 e. The maximum absolute atomic E-state index is 12.1. The second-order valence-electron chi connectivity index (χ2n) is 3.81. The number of pyridine rings is 1. The highest BCUT2D eigenvalue weighted by atomic mass is 16.1. The number of hydrogen-bond donors (Lipinski definition) is 3. The molecule has 0 aliphatic heterocycles. The highest BCUT2D eigenvalue weighted by Gasteiger charge is 2.12. The number of nitrogens with two attached hydrogens (primary N) is 1. The molecule has 5 heteroatoms. The van der Waals surface area contributed by atoms with E-state index in [1.807, 2.05) is 31.2 Å². The molecule has 0 radical (unpaired) electrons. The van der Waals surface area contributed by atoms with Gasteiger partial charge in [-0.3, -0.25) is 4.79 Å². The number of hydrazine groups is 1. The van der Waals surface area contributed by atoms with Crippen LogP contribution < -0.4 is 16.6 Å². The number of carbonyl (C=O) groups is 1. The quantitative estimate of drug-likeness (QED) is 0.567. The molecule has 0 aliphatic carbocycles. The smallest absolute Gasteiger partial charge is 0.259 e. The highest BCUT2D eigenvalue weighted by molar-refractivity contribution is 6.07. The molecular weight excluding hydrogens is 228 g/mol. The fraction of sp³-hybridized carbons (Fsp3) is 0.0769. The van der Waals surface area contributed by atoms with Gasteiger partial charge in [-0.15, -0.1) is 0 Å². The first-order chi connectivity index (χ1) is 8.72. The van der Waals surface area contributed by atoms with Gasteiger partial charge in [0.15, 0.2) is 5.82 Å². The van der Waals surface area contributed by atoms with Crippen molar-refractivity contribution in [3.05, 3.63) is 53.7 Å². The fourth-order valence-corrected chi connectivity index (χ4v) is 1.61. The third-order valence-corrected chi connectivity index (χ3v) is 2.58. The van der Waals surface area contributed by atoms with Crippen molar-refractivity contribution < 1.29 is 4.79 Å². The summed E-state index contributed by atoms with van der Waals surface area (Å²) < 4.78 is 0. The number of carbonyl (C=O) groups excluding carboxylic acids is 1. The Morgan fingerprint density at radius 2 is 2.00 bits per heavy atom. The summed E-state index contributed by atoms with van der Waals surface area (Å²) in [5.41, 5.74) is 4.58. The van der Waals surface area contributed by atoms with Gasteiger partial charge in [-0.2, -0.15) is 0 Å². The number of amides is 1. The van der Waals surface area contributed by atoms with Crippen molar-refractivity contribution in [3.63, 3.8) is 0 Å². The van der Waals surface area contributed by atoms with Gasteiger partial charge in [-0.05, 0) is 30.7 Å². The SMILES string of the molecule is Cc1ccccc1NC(=O)c1cccnc1NN. The zero-order chi connectivity index (χ0) is 13.0. The van der Waals surface area contributed by atoms with Crippen LogP contribution in [0.2, 0.25) is 0 Å². The number of aromatic nitrogens is 1. The van der Waals surface area contributed by atoms with E-state index in [-0.39, 0.29) is 5.91 Å². The van der Waals surface area contributed by atoms with Crippen LogP contribution in [-0.4, -0.2) is 10.9 Å². The summed E-state index contributed by atoms with van der Waals surface area (Å²) in [4.78, 5) is 16.1. The molecule has 0 atom stereocenters. The minimum absolute atomic E-state index is 0.245. The monoisotopic (exact) mass is 242 g/mol. The van der Waals surface area contributed by atoms with Crippen LogP contribution in [0.4, 0.5) is 11.5 Å². The van der Waals surface area contributed by atoms with Crippen LogP contribution >= 0.6 is 0 Å². The van der Waals surface area contributed by atoms with Crippen LogP contribution in [0, 0.1) is 6.92 Å². The maximum atomic E-state index is 12.1. The lowest BCUT2D eigenvalue weighted by molar-refractivity contribution is 0.102. The Kier molecular flexibility index (Phi) is 3.54. The molecule has 1 aromatic carbocycles. The molecule has 2 aromatic rings. The third-order valence-electron chi connectivity index (χ3n) is 2.58. The van der Waals surface area contributed by atoms with Crippen LogP contribution in [0.1, 0.15) is 15.9 Å². The van der Waals surface area contributed by atoms with Gasteiger partial charge in [-0.1, -0.05) is 18.2 Å². The molecule has 4 N–H and O–H groups in total. The Morgan fingerprint density at radius 1 is 1.22 bits per heavy atom. The Bertz CT molecular complexity index is 568. The lowest BCUT2D eigenvalue weighted by Crippen LogP contribution is -2.18. The molecule has 0 saturated heterocycles. The number of nitrogens with zero attached hydrogens (tertiary/aromatic N) is 1. The molecule has 0 aliphatic rings. The van der Waals surface area contributed by atoms with E-state index in [0.717, 1.165) is 11.3 Å². The standard InChI is InChI=1S/C13H14N4O/c1-9-5-2-3-7-11(9)16-13(18)10-6-4-8-15-12(10)17-14/h2-8H,14H2,1H3,(H,15,17)(H,16,18). The van der Waals surface area contributed by atoms with E-state index in [1.54, 1.807) is 18.3 Å². The van der Waals surface area contributed by atoms with Crippen LogP contribution in [0.25, 0.3) is 0 Å². The molecule has 92 valence electrons. The number of aryl methyl sites for hydroxylation is 1. The Labute approximate surface area is 105 Å². The van der Waals surface area contributed by atoms with Crippen LogP contribution in [0.15, 0.2) is 42.6 Å². The lowest BCUT2D eigenvalue weighted by atomic mass is 10.2. The number of para-hydroxylation sites is 1. The van der Waals surface area contributed by atoms with E-state index in [4.69, 9.17) is 5.84 Å². The zero-order valence-corrected chi connectivity index (χ0v) is 9.97. The van der Waals surface area contributed by atoms with Gasteiger partial charge in [0.2, 0.25) is 0 Å². The third kappa shape index (κ3) is 2.46. The second kappa shape index (κ2) is 5.29. The van der Waals surface area contributed by atoms with E-state index >= 15 is 0 Å². The van der Waals surface area contributed by atoms with E-state index in [0.29, 0.717) is 11.4 Å². The lowest BCUT2D eigenvalue weighted by Gasteiger charge is -2.10. The van der Waals surface area contributed by atoms with Gasteiger partial charge < -0.3 is 10.7 Å². The summed E-state index contributed by atoms with van der Waals surface area (Å²) in [6.07, 6.45) is 1.57. The molecule has 1 amide bonds. The summed E-state index contributed by atoms with van der Waals surface area (Å²) in [6, 6.07) is 10.9. The average molecular weight is 242 g/mol. The van der Waals surface area contributed by atoms with E-state index in [2.05, 4.69) is 15.7 Å². The molecule has 0 saturated carbocycles. The normalized spacial score (nSPS) is 9.89. The number of nitrogen functional groups attached to an aromatic ring is 1. The van der Waals surface area contributed by atoms with Gasteiger partial charge in [0, 0.05) is 11.9 Å². The molecule has 0 bridgehead atoms. The highest BCUT2D eigenvalue weighted by Crippen LogP contribution is 2.16. The fourth-order valence-electron chi connectivity index (χ4n) is 1.61. The van der Waals surface area contributed by atoms with Crippen LogP contribution in [0.5, 0.6) is 0 Å². The van der Waals surface area contributed by atoms with Crippen molar-refractivity contribution in [1.29, 1.82) is 0 Å². The molecule has 0 spiro atoms. The average Bonchev–Trinajstić information content (AvgIpc) is 2.41. The van der Waals surface area contributed by atoms with E-state index < -0.39 is 0 Å². The summed E-state index contributed by atoms with van der Waals surface area (Å²) >= 11 is 0. The van der Waals surface area contributed by atoms with Gasteiger partial charge in [0.25, 0.3) is 5.91 Å². The molecule has 2 rings (SSSR count). The Hall–Kier alpha value is -2.40. The molecule has 1 heterocycles. The number of nitrogens with one attached hydrogen (secondary N) is 2. The predicted molar refractivity (Wildman–Crippen MR) is 71.2 cm³/mol. The van der Waals surface area contributed by atoms with Crippen molar-refractivity contribution in [2.75, 3.05) is 10.7 Å². The molecular formula is C13H14N4O. The van der Waals surface area contributed by atoms with Crippen molar-refractivity contribution in [2.24, 2.45) is 5.84 Å².